The van der Waals surface area contributed by atoms with Crippen molar-refractivity contribution in [1.82, 2.24) is 0 Å². The summed E-state index contributed by atoms with van der Waals surface area (Å²) in [5.41, 5.74) is 6.64. The van der Waals surface area contributed by atoms with Crippen LogP contribution in [0.15, 0.2) is 22.7 Å². The van der Waals surface area contributed by atoms with Crippen molar-refractivity contribution in [2.24, 2.45) is 11.1 Å². The van der Waals surface area contributed by atoms with Gasteiger partial charge in [0.25, 0.3) is 0 Å². The van der Waals surface area contributed by atoms with E-state index in [0.717, 1.165) is 28.6 Å². The van der Waals surface area contributed by atoms with Crippen molar-refractivity contribution in [3.05, 3.63) is 28.2 Å². The first-order valence-electron chi connectivity index (χ1n) is 6.45. The molecule has 0 amide bonds. The summed E-state index contributed by atoms with van der Waals surface area (Å²) < 4.78 is 6.78. The number of nitrogens with two attached hydrogens (primary N) is 1. The minimum Gasteiger partial charge on any atom is -0.493 e. The minimum absolute atomic E-state index is 0.0568. The Morgan fingerprint density at radius 3 is 2.74 bits per heavy atom. The summed E-state index contributed by atoms with van der Waals surface area (Å²) in [7, 11) is 0. The molecule has 1 aromatic rings. The van der Waals surface area contributed by atoms with E-state index >= 15 is 0 Å². The monoisotopic (exact) mass is 324 g/mol. The van der Waals surface area contributed by atoms with Crippen LogP contribution in [0.2, 0.25) is 0 Å². The zero-order valence-electron chi connectivity index (χ0n) is 11.7. The van der Waals surface area contributed by atoms with E-state index in [-0.39, 0.29) is 11.5 Å². The fraction of sp³-hybridized carbons (Fsp3) is 0.533. The Bertz CT molecular complexity index is 464. The van der Waals surface area contributed by atoms with Crippen LogP contribution < -0.4 is 10.5 Å². The number of hydrogen-bond acceptors (Lipinski definition) is 3. The van der Waals surface area contributed by atoms with E-state index in [4.69, 9.17) is 15.7 Å². The molecule has 3 nitrogen and oxygen atoms in total. The first-order valence-corrected chi connectivity index (χ1v) is 7.24. The Balaban J connectivity index is 2.58. The molecular weight excluding hydrogens is 304 g/mol. The van der Waals surface area contributed by atoms with Crippen molar-refractivity contribution >= 4 is 15.9 Å². The average molecular weight is 325 g/mol. The molecule has 1 atom stereocenters. The molecule has 0 heterocycles. The van der Waals surface area contributed by atoms with Gasteiger partial charge in [0, 0.05) is 16.1 Å². The molecule has 0 aliphatic heterocycles. The molecule has 2 N–H and O–H groups in total. The summed E-state index contributed by atoms with van der Waals surface area (Å²) >= 11 is 3.43. The van der Waals surface area contributed by atoms with Crippen LogP contribution in [0.5, 0.6) is 5.75 Å². The van der Waals surface area contributed by atoms with E-state index in [2.05, 4.69) is 22.0 Å². The maximum atomic E-state index is 8.95. The molecule has 0 unspecified atom stereocenters. The standard InChI is InChI=1S/C15H21BrN2O/c1-11(18)13-6-5-12(16)9-14(13)19-8-4-7-15(2,3)10-17/h5-6,9,11H,4,7-8,18H2,1-3H3/t11-/m0/s1. The quantitative estimate of drug-likeness (QED) is 0.798. The average Bonchev–Trinajstić information content (AvgIpc) is 2.34. The largest absolute Gasteiger partial charge is 0.493 e. The zero-order chi connectivity index (χ0) is 14.5. The van der Waals surface area contributed by atoms with Gasteiger partial charge in [-0.25, -0.2) is 0 Å². The van der Waals surface area contributed by atoms with Crippen LogP contribution in [0, 0.1) is 16.7 Å². The Morgan fingerprint density at radius 1 is 1.47 bits per heavy atom. The Hall–Kier alpha value is -1.05. The molecule has 4 heteroatoms. The Morgan fingerprint density at radius 2 is 2.16 bits per heavy atom. The smallest absolute Gasteiger partial charge is 0.125 e. The maximum absolute atomic E-state index is 8.95. The van der Waals surface area contributed by atoms with Gasteiger partial charge in [0.2, 0.25) is 0 Å². The molecule has 1 rings (SSSR count). The fourth-order valence-corrected chi connectivity index (χ4v) is 2.10. The van der Waals surface area contributed by atoms with Gasteiger partial charge in [-0.05, 0) is 45.7 Å². The number of halogens is 1. The lowest BCUT2D eigenvalue weighted by Gasteiger charge is -2.17. The molecule has 0 aliphatic rings. The van der Waals surface area contributed by atoms with Crippen LogP contribution in [0.1, 0.15) is 45.2 Å². The first-order chi connectivity index (χ1) is 8.85. The van der Waals surface area contributed by atoms with E-state index in [1.807, 2.05) is 39.0 Å². The van der Waals surface area contributed by atoms with E-state index in [9.17, 15) is 0 Å². The fourth-order valence-electron chi connectivity index (χ4n) is 1.76. The third kappa shape index (κ3) is 5.22. The molecule has 0 aliphatic carbocycles. The molecular formula is C15H21BrN2O. The predicted molar refractivity (Wildman–Crippen MR) is 80.9 cm³/mol. The number of ether oxygens (including phenoxy) is 1. The number of nitrogens with zero attached hydrogens (tertiary/aromatic N) is 1. The molecule has 104 valence electrons. The van der Waals surface area contributed by atoms with Gasteiger partial charge in [-0.1, -0.05) is 22.0 Å². The van der Waals surface area contributed by atoms with Gasteiger partial charge < -0.3 is 10.5 Å². The van der Waals surface area contributed by atoms with Crippen molar-refractivity contribution < 1.29 is 4.74 Å². The number of nitriles is 1. The first kappa shape index (κ1) is 16.0. The van der Waals surface area contributed by atoms with Gasteiger partial charge in [-0.3, -0.25) is 0 Å². The van der Waals surface area contributed by atoms with Crippen LogP contribution in [-0.2, 0) is 0 Å². The third-order valence-corrected chi connectivity index (χ3v) is 3.47. The second kappa shape index (κ2) is 6.93. The van der Waals surface area contributed by atoms with Crippen molar-refractivity contribution in [3.63, 3.8) is 0 Å². The molecule has 0 radical (unpaired) electrons. The highest BCUT2D eigenvalue weighted by molar-refractivity contribution is 9.10. The summed E-state index contributed by atoms with van der Waals surface area (Å²) in [5.74, 6) is 0.819. The van der Waals surface area contributed by atoms with E-state index in [0.29, 0.717) is 6.61 Å². The molecule has 19 heavy (non-hydrogen) atoms. The highest BCUT2D eigenvalue weighted by Crippen LogP contribution is 2.28. The lowest BCUT2D eigenvalue weighted by atomic mass is 9.90. The van der Waals surface area contributed by atoms with Crippen molar-refractivity contribution in [1.29, 1.82) is 5.26 Å². The summed E-state index contributed by atoms with van der Waals surface area (Å²) in [5, 5.41) is 8.95. The molecule has 0 saturated heterocycles. The van der Waals surface area contributed by atoms with Crippen molar-refractivity contribution in [3.8, 4) is 11.8 Å². The zero-order valence-corrected chi connectivity index (χ0v) is 13.3. The third-order valence-electron chi connectivity index (χ3n) is 2.97. The molecule has 0 spiro atoms. The molecule has 0 bridgehead atoms. The predicted octanol–water partition coefficient (Wildman–Crippen LogP) is 4.18. The highest BCUT2D eigenvalue weighted by Gasteiger charge is 2.16. The highest BCUT2D eigenvalue weighted by atomic mass is 79.9. The van der Waals surface area contributed by atoms with Crippen LogP contribution in [-0.4, -0.2) is 6.61 Å². The lowest BCUT2D eigenvalue weighted by molar-refractivity contribution is 0.281. The van der Waals surface area contributed by atoms with Gasteiger partial charge in [0.05, 0.1) is 18.1 Å². The summed E-state index contributed by atoms with van der Waals surface area (Å²) in [6, 6.07) is 8.12. The minimum atomic E-state index is -0.287. The van der Waals surface area contributed by atoms with E-state index in [1.165, 1.54) is 0 Å². The van der Waals surface area contributed by atoms with Crippen LogP contribution in [0.4, 0.5) is 0 Å². The summed E-state index contributed by atoms with van der Waals surface area (Å²) in [6.45, 7) is 6.43. The Labute approximate surface area is 123 Å². The lowest BCUT2D eigenvalue weighted by Crippen LogP contribution is -2.12. The van der Waals surface area contributed by atoms with Gasteiger partial charge in [-0.15, -0.1) is 0 Å². The van der Waals surface area contributed by atoms with E-state index in [1.54, 1.807) is 0 Å². The molecule has 0 saturated carbocycles. The van der Waals surface area contributed by atoms with Crippen LogP contribution in [0.3, 0.4) is 0 Å². The number of rotatable bonds is 6. The van der Waals surface area contributed by atoms with Gasteiger partial charge in [0.1, 0.15) is 5.75 Å². The van der Waals surface area contributed by atoms with E-state index < -0.39 is 0 Å². The van der Waals surface area contributed by atoms with Gasteiger partial charge >= 0.3 is 0 Å². The van der Waals surface area contributed by atoms with Gasteiger partial charge in [-0.2, -0.15) is 5.26 Å². The van der Waals surface area contributed by atoms with Crippen molar-refractivity contribution in [2.45, 2.75) is 39.7 Å². The second-order valence-corrected chi connectivity index (χ2v) is 6.33. The second-order valence-electron chi connectivity index (χ2n) is 5.42. The van der Waals surface area contributed by atoms with Gasteiger partial charge in [0.15, 0.2) is 0 Å². The molecule has 0 aromatic heterocycles. The van der Waals surface area contributed by atoms with Crippen molar-refractivity contribution in [2.75, 3.05) is 6.61 Å². The Kier molecular flexibility index (Phi) is 5.84. The summed E-state index contributed by atoms with van der Waals surface area (Å²) in [6.07, 6.45) is 1.68. The van der Waals surface area contributed by atoms with Crippen LogP contribution >= 0.6 is 15.9 Å². The number of benzene rings is 1. The SMILES string of the molecule is C[C@H](N)c1ccc(Br)cc1OCCCC(C)(C)C#N. The summed E-state index contributed by atoms with van der Waals surface area (Å²) in [4.78, 5) is 0. The maximum Gasteiger partial charge on any atom is 0.125 e. The molecule has 0 fully saturated rings. The normalized spacial score (nSPS) is 12.8. The molecule has 1 aromatic carbocycles. The number of hydrogen-bond donors (Lipinski definition) is 1. The topological polar surface area (TPSA) is 59.0 Å². The van der Waals surface area contributed by atoms with Crippen LogP contribution in [0.25, 0.3) is 0 Å².